The van der Waals surface area contributed by atoms with E-state index in [0.717, 1.165) is 16.8 Å². The van der Waals surface area contributed by atoms with Gasteiger partial charge in [-0.15, -0.1) is 0 Å². The first-order valence-corrected chi connectivity index (χ1v) is 10.6. The summed E-state index contributed by atoms with van der Waals surface area (Å²) < 4.78 is 23.4. The van der Waals surface area contributed by atoms with E-state index in [9.17, 15) is 13.2 Å². The number of carbonyl (C=O) groups is 1. The Morgan fingerprint density at radius 2 is 1.78 bits per heavy atom. The van der Waals surface area contributed by atoms with E-state index in [1.807, 2.05) is 26.0 Å². The summed E-state index contributed by atoms with van der Waals surface area (Å²) in [5, 5.41) is 3.23. The molecule has 1 unspecified atom stereocenters. The van der Waals surface area contributed by atoms with Crippen LogP contribution in [-0.4, -0.2) is 53.8 Å². The molecule has 1 aromatic carbocycles. The molecule has 1 aliphatic rings. The van der Waals surface area contributed by atoms with Crippen LogP contribution in [0.1, 0.15) is 33.9 Å². The molecule has 1 aromatic heterocycles. The number of nitrogens with one attached hydrogen (secondary N) is 1. The molecule has 27 heavy (non-hydrogen) atoms. The largest absolute Gasteiger partial charge is 0.340 e. The highest BCUT2D eigenvalue weighted by molar-refractivity contribution is 7.91. The van der Waals surface area contributed by atoms with E-state index in [0.29, 0.717) is 18.1 Å². The van der Waals surface area contributed by atoms with Crippen molar-refractivity contribution in [3.05, 3.63) is 46.9 Å². The van der Waals surface area contributed by atoms with Gasteiger partial charge in [-0.3, -0.25) is 4.79 Å². The first-order chi connectivity index (χ1) is 12.6. The molecular formula is C19H24N4O3S. The van der Waals surface area contributed by atoms with Gasteiger partial charge in [0.1, 0.15) is 17.3 Å². The molecule has 0 spiro atoms. The van der Waals surface area contributed by atoms with Crippen molar-refractivity contribution in [2.75, 3.05) is 23.9 Å². The quantitative estimate of drug-likeness (QED) is 0.865. The third-order valence-electron chi connectivity index (χ3n) is 4.63. The Kier molecular flexibility index (Phi) is 5.19. The molecule has 1 amide bonds. The van der Waals surface area contributed by atoms with Gasteiger partial charge in [0.25, 0.3) is 5.91 Å². The van der Waals surface area contributed by atoms with Crippen LogP contribution in [0.5, 0.6) is 0 Å². The van der Waals surface area contributed by atoms with Crippen LogP contribution in [0.25, 0.3) is 0 Å². The highest BCUT2D eigenvalue weighted by Gasteiger charge is 2.33. The van der Waals surface area contributed by atoms with E-state index in [-0.39, 0.29) is 29.1 Å². The minimum Gasteiger partial charge on any atom is -0.340 e. The highest BCUT2D eigenvalue weighted by atomic mass is 32.2. The molecule has 0 radical (unpaired) electrons. The van der Waals surface area contributed by atoms with Crippen molar-refractivity contribution in [1.82, 2.24) is 14.9 Å². The number of aryl methyl sites for hydroxylation is 3. The molecule has 2 aromatic rings. The molecule has 1 atom stereocenters. The SMILES string of the molecule is Cc1cc(C)cc(Nc2cc(C(=O)N(C)C3CCS(=O)(=O)C3)nc(C)n2)c1. The predicted octanol–water partition coefficient (Wildman–Crippen LogP) is 2.40. The molecule has 7 nitrogen and oxygen atoms in total. The summed E-state index contributed by atoms with van der Waals surface area (Å²) in [4.78, 5) is 22.9. The second-order valence-corrected chi connectivity index (χ2v) is 9.39. The Morgan fingerprint density at radius 1 is 1.11 bits per heavy atom. The number of hydrogen-bond acceptors (Lipinski definition) is 6. The standard InChI is InChI=1S/C19H24N4O3S/c1-12-7-13(2)9-15(8-12)22-18-10-17(20-14(3)21-18)19(24)23(4)16-5-6-27(25,26)11-16/h7-10,16H,5-6,11H2,1-4H3,(H,20,21,22). The maximum atomic E-state index is 12.8. The summed E-state index contributed by atoms with van der Waals surface area (Å²) in [6.07, 6.45) is 0.461. The van der Waals surface area contributed by atoms with Crippen molar-refractivity contribution in [3.8, 4) is 0 Å². The lowest BCUT2D eigenvalue weighted by Crippen LogP contribution is -2.38. The summed E-state index contributed by atoms with van der Waals surface area (Å²) in [6.45, 7) is 5.76. The Bertz CT molecular complexity index is 968. The van der Waals surface area contributed by atoms with Crippen molar-refractivity contribution >= 4 is 27.2 Å². The van der Waals surface area contributed by atoms with Crippen molar-refractivity contribution in [3.63, 3.8) is 0 Å². The normalized spacial score (nSPS) is 18.3. The lowest BCUT2D eigenvalue weighted by Gasteiger charge is -2.23. The van der Waals surface area contributed by atoms with Crippen LogP contribution in [0, 0.1) is 20.8 Å². The number of anilines is 2. The minimum absolute atomic E-state index is 0.00693. The maximum Gasteiger partial charge on any atom is 0.272 e. The summed E-state index contributed by atoms with van der Waals surface area (Å²) in [5.74, 6) is 0.833. The Labute approximate surface area is 159 Å². The molecule has 1 saturated heterocycles. The molecule has 8 heteroatoms. The van der Waals surface area contributed by atoms with Gasteiger partial charge in [0, 0.05) is 24.8 Å². The first kappa shape index (κ1) is 19.3. The number of carbonyl (C=O) groups excluding carboxylic acids is 1. The third kappa shape index (κ3) is 4.63. The van der Waals surface area contributed by atoms with Gasteiger partial charge in [0.05, 0.1) is 11.5 Å². The monoisotopic (exact) mass is 388 g/mol. The molecule has 0 bridgehead atoms. The molecule has 144 valence electrons. The Morgan fingerprint density at radius 3 is 2.37 bits per heavy atom. The minimum atomic E-state index is -3.06. The van der Waals surface area contributed by atoms with Gasteiger partial charge >= 0.3 is 0 Å². The van der Waals surface area contributed by atoms with Crippen LogP contribution in [0.15, 0.2) is 24.3 Å². The molecule has 0 saturated carbocycles. The molecule has 0 aliphatic carbocycles. The number of hydrogen-bond donors (Lipinski definition) is 1. The topological polar surface area (TPSA) is 92.3 Å². The number of aromatic nitrogens is 2. The maximum absolute atomic E-state index is 12.8. The number of nitrogens with zero attached hydrogens (tertiary/aromatic N) is 3. The van der Waals surface area contributed by atoms with Crippen LogP contribution in [0.3, 0.4) is 0 Å². The summed E-state index contributed by atoms with van der Waals surface area (Å²) in [6, 6.07) is 7.37. The molecule has 2 heterocycles. The third-order valence-corrected chi connectivity index (χ3v) is 6.38. The summed E-state index contributed by atoms with van der Waals surface area (Å²) in [7, 11) is -1.43. The lowest BCUT2D eigenvalue weighted by atomic mass is 10.1. The Hall–Kier alpha value is -2.48. The fraction of sp³-hybridized carbons (Fsp3) is 0.421. The van der Waals surface area contributed by atoms with Crippen molar-refractivity contribution in [2.45, 2.75) is 33.2 Å². The van der Waals surface area contributed by atoms with Crippen molar-refractivity contribution < 1.29 is 13.2 Å². The van der Waals surface area contributed by atoms with Gasteiger partial charge in [0.15, 0.2) is 9.84 Å². The molecule has 1 aliphatic heterocycles. The van der Waals surface area contributed by atoms with Gasteiger partial charge in [0.2, 0.25) is 0 Å². The summed E-state index contributed by atoms with van der Waals surface area (Å²) >= 11 is 0. The van der Waals surface area contributed by atoms with Crippen LogP contribution < -0.4 is 5.32 Å². The second-order valence-electron chi connectivity index (χ2n) is 7.16. The highest BCUT2D eigenvalue weighted by Crippen LogP contribution is 2.21. The summed E-state index contributed by atoms with van der Waals surface area (Å²) in [5.41, 5.74) is 3.39. The van der Waals surface area contributed by atoms with Crippen LogP contribution >= 0.6 is 0 Å². The number of benzene rings is 1. The van der Waals surface area contributed by atoms with Gasteiger partial charge in [-0.25, -0.2) is 18.4 Å². The van der Waals surface area contributed by atoms with Gasteiger partial charge < -0.3 is 10.2 Å². The van der Waals surface area contributed by atoms with Crippen LogP contribution in [0.4, 0.5) is 11.5 Å². The van der Waals surface area contributed by atoms with E-state index in [2.05, 4.69) is 21.4 Å². The van der Waals surface area contributed by atoms with E-state index in [1.54, 1.807) is 20.0 Å². The van der Waals surface area contributed by atoms with Crippen LogP contribution in [-0.2, 0) is 9.84 Å². The average molecular weight is 388 g/mol. The second kappa shape index (κ2) is 7.26. The zero-order valence-corrected chi connectivity index (χ0v) is 16.8. The Balaban J connectivity index is 1.83. The van der Waals surface area contributed by atoms with E-state index >= 15 is 0 Å². The average Bonchev–Trinajstić information content (AvgIpc) is 2.92. The van der Waals surface area contributed by atoms with E-state index < -0.39 is 9.84 Å². The number of sulfone groups is 1. The van der Waals surface area contributed by atoms with Gasteiger partial charge in [-0.2, -0.15) is 0 Å². The molecule has 1 fully saturated rings. The smallest absolute Gasteiger partial charge is 0.272 e. The zero-order chi connectivity index (χ0) is 19.8. The number of amides is 1. The van der Waals surface area contributed by atoms with Crippen LogP contribution in [0.2, 0.25) is 0 Å². The zero-order valence-electron chi connectivity index (χ0n) is 16.0. The van der Waals surface area contributed by atoms with Crippen molar-refractivity contribution in [1.29, 1.82) is 0 Å². The molecule has 3 rings (SSSR count). The fourth-order valence-electron chi connectivity index (χ4n) is 3.36. The lowest BCUT2D eigenvalue weighted by molar-refractivity contribution is 0.0741. The van der Waals surface area contributed by atoms with Gasteiger partial charge in [-0.05, 0) is 50.5 Å². The predicted molar refractivity (Wildman–Crippen MR) is 105 cm³/mol. The van der Waals surface area contributed by atoms with Gasteiger partial charge in [-0.1, -0.05) is 6.07 Å². The first-order valence-electron chi connectivity index (χ1n) is 8.81. The van der Waals surface area contributed by atoms with E-state index in [4.69, 9.17) is 0 Å². The van der Waals surface area contributed by atoms with Crippen molar-refractivity contribution in [2.24, 2.45) is 0 Å². The fourth-order valence-corrected chi connectivity index (χ4v) is 5.14. The molecular weight excluding hydrogens is 364 g/mol. The van der Waals surface area contributed by atoms with E-state index in [1.165, 1.54) is 4.90 Å². The molecule has 1 N–H and O–H groups in total. The number of rotatable bonds is 4.